The van der Waals surface area contributed by atoms with Crippen LogP contribution in [-0.2, 0) is 25.4 Å². The molecule has 3 aromatic rings. The smallest absolute Gasteiger partial charge is 0.246 e. The number of hydrogen-bond donors (Lipinski definition) is 2. The van der Waals surface area contributed by atoms with E-state index in [2.05, 4.69) is 38.9 Å². The topological polar surface area (TPSA) is 89.7 Å². The van der Waals surface area contributed by atoms with Gasteiger partial charge in [0.2, 0.25) is 5.91 Å². The number of amides is 1. The Kier molecular flexibility index (Phi) is 4.71. The highest BCUT2D eigenvalue weighted by Gasteiger charge is 2.31. The van der Waals surface area contributed by atoms with Gasteiger partial charge in [0.15, 0.2) is 5.16 Å². The number of anilines is 1. The lowest BCUT2D eigenvalue weighted by molar-refractivity contribution is -0.118. The molecule has 1 aromatic carbocycles. The van der Waals surface area contributed by atoms with Gasteiger partial charge >= 0.3 is 0 Å². The van der Waals surface area contributed by atoms with E-state index in [1.54, 1.807) is 24.3 Å². The fourth-order valence-corrected chi connectivity index (χ4v) is 4.08. The van der Waals surface area contributed by atoms with E-state index >= 15 is 0 Å². The number of carbonyl (C=O) groups excluding carboxylic acids is 1. The second-order valence-electron chi connectivity index (χ2n) is 6.58. The lowest BCUT2D eigenvalue weighted by Gasteiger charge is -2.15. The summed E-state index contributed by atoms with van der Waals surface area (Å²) in [4.78, 5) is 12.7. The van der Waals surface area contributed by atoms with Gasteiger partial charge in [0.25, 0.3) is 0 Å². The van der Waals surface area contributed by atoms with Crippen LogP contribution in [0.25, 0.3) is 0 Å². The minimum Gasteiger partial charge on any atom is -0.324 e. The number of benzene rings is 1. The number of thioether (sulfide) groups is 1. The standard InChI is InChI=1S/C18H21N7OS/c1-11(27-18-23-20-10-24(18)2)12-5-4-6-13(7-12)22-17(26)16-14-8-21-25(3)15(14)9-19-16/h4-8,10-11,16,19H,9H2,1-3H3,(H,22,26). The van der Waals surface area contributed by atoms with Gasteiger partial charge in [-0.3, -0.25) is 14.8 Å². The summed E-state index contributed by atoms with van der Waals surface area (Å²) in [6.45, 7) is 2.76. The van der Waals surface area contributed by atoms with Crippen molar-refractivity contribution in [1.82, 2.24) is 29.9 Å². The molecular weight excluding hydrogens is 362 g/mol. The first-order valence-corrected chi connectivity index (χ1v) is 9.56. The fraction of sp³-hybridized carbons (Fsp3) is 0.333. The number of hydrogen-bond acceptors (Lipinski definition) is 6. The van der Waals surface area contributed by atoms with Crippen LogP contribution in [0.15, 0.2) is 41.9 Å². The first kappa shape index (κ1) is 17.7. The van der Waals surface area contributed by atoms with Crippen molar-refractivity contribution in [1.29, 1.82) is 0 Å². The lowest BCUT2D eigenvalue weighted by atomic mass is 10.1. The van der Waals surface area contributed by atoms with Crippen molar-refractivity contribution in [2.75, 3.05) is 5.32 Å². The Morgan fingerprint density at radius 1 is 1.41 bits per heavy atom. The van der Waals surface area contributed by atoms with Crippen LogP contribution in [0.2, 0.25) is 0 Å². The van der Waals surface area contributed by atoms with E-state index in [1.165, 1.54) is 0 Å². The fourth-order valence-electron chi connectivity index (χ4n) is 3.17. The van der Waals surface area contributed by atoms with Crippen molar-refractivity contribution in [2.24, 2.45) is 14.1 Å². The normalized spacial score (nSPS) is 16.9. The van der Waals surface area contributed by atoms with Crippen molar-refractivity contribution in [3.05, 3.63) is 53.6 Å². The molecule has 2 unspecified atom stereocenters. The molecule has 0 fully saturated rings. The molecule has 0 aliphatic carbocycles. The molecule has 0 spiro atoms. The third-order valence-corrected chi connectivity index (χ3v) is 5.92. The van der Waals surface area contributed by atoms with Crippen LogP contribution in [0.1, 0.15) is 35.0 Å². The minimum absolute atomic E-state index is 0.0764. The molecule has 1 aliphatic rings. The Labute approximate surface area is 161 Å². The third kappa shape index (κ3) is 3.47. The number of nitrogens with zero attached hydrogens (tertiary/aromatic N) is 5. The SMILES string of the molecule is CC(Sc1nncn1C)c1cccc(NC(=O)C2NCc3c2cnn3C)c1. The molecule has 0 bridgehead atoms. The Morgan fingerprint density at radius 2 is 2.26 bits per heavy atom. The van der Waals surface area contributed by atoms with E-state index in [0.29, 0.717) is 6.54 Å². The minimum atomic E-state index is -0.372. The molecule has 140 valence electrons. The zero-order valence-electron chi connectivity index (χ0n) is 15.4. The molecule has 27 heavy (non-hydrogen) atoms. The van der Waals surface area contributed by atoms with Gasteiger partial charge in [-0.1, -0.05) is 23.9 Å². The summed E-state index contributed by atoms with van der Waals surface area (Å²) in [5.41, 5.74) is 3.89. The average Bonchev–Trinajstić information content (AvgIpc) is 3.34. The van der Waals surface area contributed by atoms with Crippen LogP contribution < -0.4 is 10.6 Å². The van der Waals surface area contributed by atoms with Gasteiger partial charge in [-0.15, -0.1) is 10.2 Å². The molecule has 3 heterocycles. The first-order chi connectivity index (χ1) is 13.0. The van der Waals surface area contributed by atoms with E-state index in [1.807, 2.05) is 41.5 Å². The Hall–Kier alpha value is -2.65. The van der Waals surface area contributed by atoms with Gasteiger partial charge in [0.1, 0.15) is 12.4 Å². The first-order valence-electron chi connectivity index (χ1n) is 8.68. The van der Waals surface area contributed by atoms with E-state index in [4.69, 9.17) is 0 Å². The number of carbonyl (C=O) groups is 1. The predicted molar refractivity (Wildman–Crippen MR) is 103 cm³/mol. The lowest BCUT2D eigenvalue weighted by Crippen LogP contribution is -2.28. The molecule has 2 aromatic heterocycles. The summed E-state index contributed by atoms with van der Waals surface area (Å²) < 4.78 is 3.70. The summed E-state index contributed by atoms with van der Waals surface area (Å²) in [5, 5.41) is 19.6. The molecule has 2 N–H and O–H groups in total. The van der Waals surface area contributed by atoms with Crippen molar-refractivity contribution in [3.8, 4) is 0 Å². The van der Waals surface area contributed by atoms with Gasteiger partial charge in [-0.05, 0) is 24.6 Å². The van der Waals surface area contributed by atoms with E-state index < -0.39 is 0 Å². The van der Waals surface area contributed by atoms with Gasteiger partial charge in [-0.25, -0.2) is 0 Å². The zero-order chi connectivity index (χ0) is 19.0. The van der Waals surface area contributed by atoms with Gasteiger partial charge in [0.05, 0.1) is 11.9 Å². The number of aryl methyl sites for hydroxylation is 2. The van der Waals surface area contributed by atoms with Gasteiger partial charge in [-0.2, -0.15) is 5.10 Å². The van der Waals surface area contributed by atoms with Gasteiger partial charge in [0, 0.05) is 37.1 Å². The van der Waals surface area contributed by atoms with Gasteiger partial charge < -0.3 is 9.88 Å². The van der Waals surface area contributed by atoms with E-state index in [0.717, 1.165) is 27.7 Å². The second-order valence-corrected chi connectivity index (χ2v) is 7.89. The highest BCUT2D eigenvalue weighted by Crippen LogP contribution is 2.34. The van der Waals surface area contributed by atoms with Crippen LogP contribution in [0.5, 0.6) is 0 Å². The number of rotatable bonds is 5. The second kappa shape index (κ2) is 7.16. The van der Waals surface area contributed by atoms with Crippen LogP contribution in [0.3, 0.4) is 0 Å². The molecule has 0 saturated heterocycles. The molecule has 0 saturated carbocycles. The maximum absolute atomic E-state index is 12.7. The van der Waals surface area contributed by atoms with E-state index in [9.17, 15) is 4.79 Å². The highest BCUT2D eigenvalue weighted by atomic mass is 32.2. The molecule has 9 heteroatoms. The number of aromatic nitrogens is 5. The summed E-state index contributed by atoms with van der Waals surface area (Å²) in [5.74, 6) is -0.0764. The maximum atomic E-state index is 12.7. The molecule has 1 aliphatic heterocycles. The molecule has 8 nitrogen and oxygen atoms in total. The van der Waals surface area contributed by atoms with Crippen molar-refractivity contribution < 1.29 is 4.79 Å². The number of fused-ring (bicyclic) bond motifs is 1. The Bertz CT molecular complexity index is 980. The van der Waals surface area contributed by atoms with Crippen molar-refractivity contribution in [2.45, 2.75) is 29.9 Å². The van der Waals surface area contributed by atoms with Crippen LogP contribution in [0.4, 0.5) is 5.69 Å². The zero-order valence-corrected chi connectivity index (χ0v) is 16.2. The van der Waals surface area contributed by atoms with E-state index in [-0.39, 0.29) is 17.2 Å². The summed E-state index contributed by atoms with van der Waals surface area (Å²) in [6, 6.07) is 7.54. The summed E-state index contributed by atoms with van der Waals surface area (Å²) in [6.07, 6.45) is 3.45. The van der Waals surface area contributed by atoms with Crippen LogP contribution >= 0.6 is 11.8 Å². The van der Waals surface area contributed by atoms with Crippen LogP contribution in [0, 0.1) is 0 Å². The van der Waals surface area contributed by atoms with Crippen molar-refractivity contribution in [3.63, 3.8) is 0 Å². The highest BCUT2D eigenvalue weighted by molar-refractivity contribution is 7.99. The average molecular weight is 383 g/mol. The largest absolute Gasteiger partial charge is 0.324 e. The summed E-state index contributed by atoms with van der Waals surface area (Å²) >= 11 is 1.63. The number of nitrogens with one attached hydrogen (secondary N) is 2. The monoisotopic (exact) mass is 383 g/mol. The Morgan fingerprint density at radius 3 is 3.04 bits per heavy atom. The third-order valence-electron chi connectivity index (χ3n) is 4.72. The molecule has 0 radical (unpaired) electrons. The molecular formula is C18H21N7OS. The molecule has 1 amide bonds. The molecule has 2 atom stereocenters. The van der Waals surface area contributed by atoms with Crippen LogP contribution in [-0.4, -0.2) is 30.5 Å². The maximum Gasteiger partial charge on any atom is 0.246 e. The molecule has 4 rings (SSSR count). The quantitative estimate of drug-likeness (QED) is 0.657. The summed E-state index contributed by atoms with van der Waals surface area (Å²) in [7, 11) is 3.81. The Balaban J connectivity index is 1.46. The van der Waals surface area contributed by atoms with Crippen molar-refractivity contribution >= 4 is 23.4 Å². The predicted octanol–water partition coefficient (Wildman–Crippen LogP) is 2.18.